The molecule has 2 amide bonds. The van der Waals surface area contributed by atoms with Crippen LogP contribution in [0.5, 0.6) is 11.5 Å². The lowest BCUT2D eigenvalue weighted by Crippen LogP contribution is -2.41. The van der Waals surface area contributed by atoms with Gasteiger partial charge in [0.05, 0.1) is 18.5 Å². The van der Waals surface area contributed by atoms with E-state index in [1.807, 2.05) is 31.2 Å². The van der Waals surface area contributed by atoms with Crippen LogP contribution in [0.3, 0.4) is 0 Å². The highest BCUT2D eigenvalue weighted by atomic mass is 16.5. The van der Waals surface area contributed by atoms with Crippen LogP contribution in [0.4, 0.5) is 11.4 Å². The van der Waals surface area contributed by atoms with Crippen molar-refractivity contribution < 1.29 is 23.5 Å². The van der Waals surface area contributed by atoms with Crippen LogP contribution < -0.4 is 19.7 Å². The molecule has 29 heavy (non-hydrogen) atoms. The standard InChI is InChI=1S/C22H20N2O5/c1-15-4-7-17(8-5-15)27-12-10-24-18-13-16(6-9-19(18)29-14-21(24)25)23-22(26)20-3-2-11-28-20/h2-9,11,13H,10,12,14H2,1H3,(H,23,26). The van der Waals surface area contributed by atoms with E-state index in [1.54, 1.807) is 35.2 Å². The maximum atomic E-state index is 12.4. The number of rotatable bonds is 6. The number of anilines is 2. The second kappa shape index (κ2) is 8.10. The van der Waals surface area contributed by atoms with Gasteiger partial charge in [-0.3, -0.25) is 9.59 Å². The summed E-state index contributed by atoms with van der Waals surface area (Å²) in [6, 6.07) is 16.1. The Morgan fingerprint density at radius 3 is 2.76 bits per heavy atom. The molecule has 7 nitrogen and oxygen atoms in total. The average molecular weight is 392 g/mol. The van der Waals surface area contributed by atoms with E-state index in [9.17, 15) is 9.59 Å². The van der Waals surface area contributed by atoms with Crippen molar-refractivity contribution in [3.05, 3.63) is 72.2 Å². The quantitative estimate of drug-likeness (QED) is 0.693. The van der Waals surface area contributed by atoms with Gasteiger partial charge in [-0.15, -0.1) is 0 Å². The molecular weight excluding hydrogens is 372 g/mol. The van der Waals surface area contributed by atoms with E-state index >= 15 is 0 Å². The molecule has 0 aliphatic carbocycles. The van der Waals surface area contributed by atoms with Crippen LogP contribution in [-0.2, 0) is 4.79 Å². The Hall–Kier alpha value is -3.74. The fourth-order valence-corrected chi connectivity index (χ4v) is 3.01. The lowest BCUT2D eigenvalue weighted by molar-refractivity contribution is -0.121. The minimum Gasteiger partial charge on any atom is -0.492 e. The number of carbonyl (C=O) groups excluding carboxylic acids is 2. The van der Waals surface area contributed by atoms with E-state index in [-0.39, 0.29) is 24.2 Å². The molecule has 2 aromatic carbocycles. The van der Waals surface area contributed by atoms with Crippen LogP contribution in [0, 0.1) is 6.92 Å². The van der Waals surface area contributed by atoms with Gasteiger partial charge in [-0.2, -0.15) is 0 Å². The van der Waals surface area contributed by atoms with Gasteiger partial charge in [-0.25, -0.2) is 0 Å². The summed E-state index contributed by atoms with van der Waals surface area (Å²) in [5, 5.41) is 2.76. The summed E-state index contributed by atoms with van der Waals surface area (Å²) in [7, 11) is 0. The summed E-state index contributed by atoms with van der Waals surface area (Å²) in [4.78, 5) is 26.2. The second-order valence-corrected chi connectivity index (χ2v) is 6.61. The lowest BCUT2D eigenvalue weighted by Gasteiger charge is -2.29. The van der Waals surface area contributed by atoms with Crippen molar-refractivity contribution in [2.45, 2.75) is 6.92 Å². The van der Waals surface area contributed by atoms with Crippen molar-refractivity contribution in [2.24, 2.45) is 0 Å². The highest BCUT2D eigenvalue weighted by Gasteiger charge is 2.26. The summed E-state index contributed by atoms with van der Waals surface area (Å²) < 4.78 is 16.4. The third-order valence-corrected chi connectivity index (χ3v) is 4.51. The Balaban J connectivity index is 1.47. The Morgan fingerprint density at radius 1 is 1.17 bits per heavy atom. The molecule has 0 fully saturated rings. The van der Waals surface area contributed by atoms with E-state index < -0.39 is 0 Å². The molecule has 1 aromatic heterocycles. The van der Waals surface area contributed by atoms with Gasteiger partial charge in [0.2, 0.25) is 0 Å². The van der Waals surface area contributed by atoms with Crippen molar-refractivity contribution in [3.63, 3.8) is 0 Å². The Morgan fingerprint density at radius 2 is 2.00 bits per heavy atom. The van der Waals surface area contributed by atoms with Crippen LogP contribution in [0.2, 0.25) is 0 Å². The molecular formula is C22H20N2O5. The molecule has 3 aromatic rings. The first-order valence-electron chi connectivity index (χ1n) is 9.22. The highest BCUT2D eigenvalue weighted by Crippen LogP contribution is 2.34. The van der Waals surface area contributed by atoms with Gasteiger partial charge in [-0.1, -0.05) is 17.7 Å². The number of fused-ring (bicyclic) bond motifs is 1. The van der Waals surface area contributed by atoms with E-state index in [1.165, 1.54) is 6.26 Å². The molecule has 0 unspecified atom stereocenters. The molecule has 7 heteroatoms. The number of ether oxygens (including phenoxy) is 2. The Labute approximate surface area is 167 Å². The molecule has 0 atom stereocenters. The number of hydrogen-bond donors (Lipinski definition) is 1. The Kier molecular flexibility index (Phi) is 5.20. The maximum Gasteiger partial charge on any atom is 0.291 e. The average Bonchev–Trinajstić information content (AvgIpc) is 3.26. The summed E-state index contributed by atoms with van der Waals surface area (Å²) in [6.07, 6.45) is 1.43. The molecule has 0 saturated heterocycles. The van der Waals surface area contributed by atoms with E-state index in [2.05, 4.69) is 5.32 Å². The first-order chi connectivity index (χ1) is 14.1. The zero-order valence-electron chi connectivity index (χ0n) is 15.9. The first-order valence-corrected chi connectivity index (χ1v) is 9.22. The molecule has 0 radical (unpaired) electrons. The molecule has 4 rings (SSSR count). The van der Waals surface area contributed by atoms with Crippen molar-refractivity contribution in [2.75, 3.05) is 30.0 Å². The molecule has 0 bridgehead atoms. The summed E-state index contributed by atoms with van der Waals surface area (Å²) in [6.45, 7) is 2.67. The number of carbonyl (C=O) groups is 2. The van der Waals surface area contributed by atoms with Gasteiger partial charge in [0.15, 0.2) is 12.4 Å². The van der Waals surface area contributed by atoms with Crippen LogP contribution >= 0.6 is 0 Å². The number of nitrogens with zero attached hydrogens (tertiary/aromatic N) is 1. The van der Waals surface area contributed by atoms with Gasteiger partial charge >= 0.3 is 0 Å². The fourth-order valence-electron chi connectivity index (χ4n) is 3.01. The van der Waals surface area contributed by atoms with E-state index in [0.29, 0.717) is 30.3 Å². The molecule has 1 aliphatic rings. The largest absolute Gasteiger partial charge is 0.492 e. The highest BCUT2D eigenvalue weighted by molar-refractivity contribution is 6.03. The predicted octanol–water partition coefficient (Wildman–Crippen LogP) is 3.64. The minimum atomic E-state index is -0.368. The van der Waals surface area contributed by atoms with E-state index in [0.717, 1.165) is 11.3 Å². The summed E-state index contributed by atoms with van der Waals surface area (Å²) in [5.41, 5.74) is 2.28. The number of benzene rings is 2. The molecule has 1 N–H and O–H groups in total. The molecule has 2 heterocycles. The van der Waals surface area contributed by atoms with Crippen molar-refractivity contribution in [1.82, 2.24) is 0 Å². The molecule has 0 spiro atoms. The zero-order valence-corrected chi connectivity index (χ0v) is 15.9. The molecule has 0 saturated carbocycles. The molecule has 1 aliphatic heterocycles. The normalized spacial score (nSPS) is 12.9. The zero-order chi connectivity index (χ0) is 20.2. The SMILES string of the molecule is Cc1ccc(OCCN2C(=O)COc3ccc(NC(=O)c4ccco4)cc32)cc1. The number of nitrogens with one attached hydrogen (secondary N) is 1. The monoisotopic (exact) mass is 392 g/mol. The second-order valence-electron chi connectivity index (χ2n) is 6.61. The van der Waals surface area contributed by atoms with Gasteiger partial charge in [0.1, 0.15) is 18.1 Å². The van der Waals surface area contributed by atoms with Crippen LogP contribution in [0.1, 0.15) is 16.1 Å². The number of aryl methyl sites for hydroxylation is 1. The third kappa shape index (κ3) is 4.24. The first kappa shape index (κ1) is 18.6. The van der Waals surface area contributed by atoms with Crippen molar-refractivity contribution >= 4 is 23.2 Å². The van der Waals surface area contributed by atoms with Gasteiger partial charge < -0.3 is 24.1 Å². The van der Waals surface area contributed by atoms with Gasteiger partial charge in [0.25, 0.3) is 11.8 Å². The van der Waals surface area contributed by atoms with Crippen LogP contribution in [-0.4, -0.2) is 31.6 Å². The predicted molar refractivity (Wildman–Crippen MR) is 108 cm³/mol. The smallest absolute Gasteiger partial charge is 0.291 e. The van der Waals surface area contributed by atoms with Crippen molar-refractivity contribution in [3.8, 4) is 11.5 Å². The molecule has 148 valence electrons. The van der Waals surface area contributed by atoms with Crippen molar-refractivity contribution in [1.29, 1.82) is 0 Å². The van der Waals surface area contributed by atoms with Crippen LogP contribution in [0.15, 0.2) is 65.3 Å². The fraction of sp³-hybridized carbons (Fsp3) is 0.182. The minimum absolute atomic E-state index is 0.0321. The number of hydrogen-bond acceptors (Lipinski definition) is 5. The summed E-state index contributed by atoms with van der Waals surface area (Å²) >= 11 is 0. The number of amides is 2. The summed E-state index contributed by atoms with van der Waals surface area (Å²) in [5.74, 6) is 0.997. The van der Waals surface area contributed by atoms with E-state index in [4.69, 9.17) is 13.9 Å². The third-order valence-electron chi connectivity index (χ3n) is 4.51. The van der Waals surface area contributed by atoms with Gasteiger partial charge in [-0.05, 0) is 49.4 Å². The maximum absolute atomic E-state index is 12.4. The Bertz CT molecular complexity index is 1010. The topological polar surface area (TPSA) is 81.0 Å². The van der Waals surface area contributed by atoms with Crippen LogP contribution in [0.25, 0.3) is 0 Å². The number of furan rings is 1. The van der Waals surface area contributed by atoms with Gasteiger partial charge in [0, 0.05) is 5.69 Å². The lowest BCUT2D eigenvalue weighted by atomic mass is 10.2.